The van der Waals surface area contributed by atoms with Gasteiger partial charge in [0.2, 0.25) is 0 Å². The van der Waals surface area contributed by atoms with Crippen molar-refractivity contribution in [3.8, 4) is 0 Å². The van der Waals surface area contributed by atoms with E-state index in [2.05, 4.69) is 81.4 Å². The van der Waals surface area contributed by atoms with Crippen LogP contribution in [-0.2, 0) is 4.43 Å². The van der Waals surface area contributed by atoms with Crippen LogP contribution in [0, 0.1) is 0 Å². The Morgan fingerprint density at radius 3 is 1.64 bits per heavy atom. The molecule has 0 aliphatic heterocycles. The molecule has 0 bridgehead atoms. The van der Waals surface area contributed by atoms with Crippen molar-refractivity contribution in [2.75, 3.05) is 0 Å². The van der Waals surface area contributed by atoms with E-state index in [9.17, 15) is 0 Å². The summed E-state index contributed by atoms with van der Waals surface area (Å²) in [6.45, 7) is 7.02. The average Bonchev–Trinajstić information content (AvgIpc) is 2.62. The van der Waals surface area contributed by atoms with Crippen LogP contribution in [0.4, 0.5) is 0 Å². The second-order valence-electron chi connectivity index (χ2n) is 8.32. The van der Waals surface area contributed by atoms with E-state index < -0.39 is 8.32 Å². The van der Waals surface area contributed by atoms with Gasteiger partial charge in [0.15, 0.2) is 0 Å². The Labute approximate surface area is 153 Å². The summed E-state index contributed by atoms with van der Waals surface area (Å²) >= 11 is 0. The van der Waals surface area contributed by atoms with Crippen LogP contribution in [0.1, 0.15) is 46.5 Å². The number of hydrogen-bond acceptors (Lipinski definition) is 2. The first-order chi connectivity index (χ1) is 11.9. The van der Waals surface area contributed by atoms with Gasteiger partial charge in [0.05, 0.1) is 0 Å². The van der Waals surface area contributed by atoms with Gasteiger partial charge >= 0.3 is 0 Å². The zero-order valence-corrected chi connectivity index (χ0v) is 16.7. The first kappa shape index (κ1) is 18.4. The fraction of sp³-hybridized carbons (Fsp3) is 0.455. The highest BCUT2D eigenvalue weighted by Gasteiger charge is 2.51. The zero-order chi connectivity index (χ0) is 17.9. The van der Waals surface area contributed by atoms with E-state index in [0.717, 1.165) is 25.7 Å². The molecule has 3 heteroatoms. The molecule has 0 heterocycles. The molecule has 1 fully saturated rings. The Bertz CT molecular complexity index is 618. The smallest absolute Gasteiger partial charge is 0.261 e. The summed E-state index contributed by atoms with van der Waals surface area (Å²) < 4.78 is 7.15. The van der Waals surface area contributed by atoms with Crippen molar-refractivity contribution in [3.63, 3.8) is 0 Å². The maximum Gasteiger partial charge on any atom is 0.261 e. The summed E-state index contributed by atoms with van der Waals surface area (Å²) in [6.07, 6.45) is 4.61. The third kappa shape index (κ3) is 3.74. The summed E-state index contributed by atoms with van der Waals surface area (Å²) in [5.41, 5.74) is 6.12. The van der Waals surface area contributed by atoms with E-state index in [1.165, 1.54) is 10.4 Å². The molecule has 1 aliphatic rings. The van der Waals surface area contributed by atoms with Crippen molar-refractivity contribution in [2.45, 2.75) is 63.6 Å². The van der Waals surface area contributed by atoms with Crippen LogP contribution in [0.5, 0.6) is 0 Å². The number of hydrogen-bond donors (Lipinski definition) is 1. The van der Waals surface area contributed by atoms with Crippen molar-refractivity contribution in [3.05, 3.63) is 60.7 Å². The van der Waals surface area contributed by atoms with Gasteiger partial charge in [0.25, 0.3) is 8.32 Å². The minimum Gasteiger partial charge on any atom is -0.404 e. The van der Waals surface area contributed by atoms with Gasteiger partial charge in [-0.1, -0.05) is 81.4 Å². The van der Waals surface area contributed by atoms with E-state index >= 15 is 0 Å². The van der Waals surface area contributed by atoms with Crippen molar-refractivity contribution in [2.24, 2.45) is 5.73 Å². The van der Waals surface area contributed by atoms with Crippen molar-refractivity contribution in [1.82, 2.24) is 0 Å². The quantitative estimate of drug-likeness (QED) is 0.848. The maximum atomic E-state index is 7.15. The first-order valence-electron chi connectivity index (χ1n) is 9.48. The number of nitrogens with two attached hydrogens (primary N) is 1. The van der Waals surface area contributed by atoms with E-state index in [1.54, 1.807) is 0 Å². The van der Waals surface area contributed by atoms with Gasteiger partial charge in [0, 0.05) is 12.1 Å². The lowest BCUT2D eigenvalue weighted by Crippen LogP contribution is -2.67. The summed E-state index contributed by atoms with van der Waals surface area (Å²) in [7, 11) is -2.40. The standard InChI is InChI=1S/C22H31NOSi/c1-22(2,3)25(20-10-6-4-7-11-20,21-12-8-5-9-13-21)24-19-16-14-18(23)15-17-19/h4-13,18-19H,14-17,23H2,1-3H3. The molecule has 2 aromatic rings. The Hall–Kier alpha value is -1.42. The van der Waals surface area contributed by atoms with Gasteiger partial charge in [-0.3, -0.25) is 0 Å². The zero-order valence-electron chi connectivity index (χ0n) is 15.7. The van der Waals surface area contributed by atoms with E-state index in [4.69, 9.17) is 10.2 Å². The average molecular weight is 354 g/mol. The lowest BCUT2D eigenvalue weighted by atomic mass is 9.94. The predicted molar refractivity (Wildman–Crippen MR) is 109 cm³/mol. The van der Waals surface area contributed by atoms with E-state index in [1.807, 2.05) is 0 Å². The van der Waals surface area contributed by atoms with Crippen LogP contribution in [0.15, 0.2) is 60.7 Å². The molecule has 134 valence electrons. The van der Waals surface area contributed by atoms with Crippen molar-refractivity contribution >= 4 is 18.7 Å². The van der Waals surface area contributed by atoms with Gasteiger partial charge in [-0.2, -0.15) is 0 Å². The molecule has 25 heavy (non-hydrogen) atoms. The SMILES string of the molecule is CC(C)(C)[Si](OC1CCC(N)CC1)(c1ccccc1)c1ccccc1. The van der Waals surface area contributed by atoms with Gasteiger partial charge in [0.1, 0.15) is 0 Å². The van der Waals surface area contributed by atoms with E-state index in [-0.39, 0.29) is 5.04 Å². The molecule has 3 rings (SSSR count). The highest BCUT2D eigenvalue weighted by molar-refractivity contribution is 6.99. The molecular weight excluding hydrogens is 322 g/mol. The highest BCUT2D eigenvalue weighted by Crippen LogP contribution is 2.39. The minimum absolute atomic E-state index is 0.0509. The summed E-state index contributed by atoms with van der Waals surface area (Å²) in [5.74, 6) is 0. The number of rotatable bonds is 4. The molecule has 1 saturated carbocycles. The van der Waals surface area contributed by atoms with Crippen LogP contribution in [-0.4, -0.2) is 20.5 Å². The molecule has 0 aromatic heterocycles. The second kappa shape index (κ2) is 7.44. The minimum atomic E-state index is -2.40. The highest BCUT2D eigenvalue weighted by atomic mass is 28.4. The fourth-order valence-corrected chi connectivity index (χ4v) is 8.90. The van der Waals surface area contributed by atoms with Gasteiger partial charge < -0.3 is 10.2 Å². The molecule has 0 radical (unpaired) electrons. The number of benzene rings is 2. The molecule has 1 aliphatic carbocycles. The monoisotopic (exact) mass is 353 g/mol. The molecule has 0 atom stereocenters. The Kier molecular flexibility index (Phi) is 5.47. The van der Waals surface area contributed by atoms with Crippen LogP contribution in [0.25, 0.3) is 0 Å². The Morgan fingerprint density at radius 2 is 1.24 bits per heavy atom. The largest absolute Gasteiger partial charge is 0.404 e. The molecule has 2 aromatic carbocycles. The Morgan fingerprint density at radius 1 is 0.800 bits per heavy atom. The van der Waals surface area contributed by atoms with Crippen molar-refractivity contribution < 1.29 is 4.43 Å². The first-order valence-corrected chi connectivity index (χ1v) is 11.4. The third-order valence-corrected chi connectivity index (χ3v) is 10.6. The topological polar surface area (TPSA) is 35.2 Å². The molecule has 0 spiro atoms. The normalized spacial score (nSPS) is 21.9. The molecule has 2 N–H and O–H groups in total. The molecular formula is C22H31NOSi. The molecule has 2 nitrogen and oxygen atoms in total. The van der Waals surface area contributed by atoms with E-state index in [0.29, 0.717) is 12.1 Å². The Balaban J connectivity index is 2.09. The van der Waals surface area contributed by atoms with Crippen LogP contribution < -0.4 is 16.1 Å². The molecule has 0 unspecified atom stereocenters. The van der Waals surface area contributed by atoms with Gasteiger partial charge in [-0.05, 0) is 41.1 Å². The predicted octanol–water partition coefficient (Wildman–Crippen LogP) is 3.83. The third-order valence-electron chi connectivity index (χ3n) is 5.48. The van der Waals surface area contributed by atoms with Crippen LogP contribution in [0.3, 0.4) is 0 Å². The lowest BCUT2D eigenvalue weighted by molar-refractivity contribution is 0.136. The summed E-state index contributed by atoms with van der Waals surface area (Å²) in [4.78, 5) is 0. The van der Waals surface area contributed by atoms with Crippen LogP contribution >= 0.6 is 0 Å². The van der Waals surface area contributed by atoms with Crippen LogP contribution in [0.2, 0.25) is 5.04 Å². The maximum absolute atomic E-state index is 7.15. The fourth-order valence-electron chi connectivity index (χ4n) is 4.15. The molecule has 0 amide bonds. The van der Waals surface area contributed by atoms with Gasteiger partial charge in [-0.25, -0.2) is 0 Å². The van der Waals surface area contributed by atoms with Crippen molar-refractivity contribution in [1.29, 1.82) is 0 Å². The lowest BCUT2D eigenvalue weighted by Gasteiger charge is -2.46. The molecule has 0 saturated heterocycles. The van der Waals surface area contributed by atoms with Gasteiger partial charge in [-0.15, -0.1) is 0 Å². The summed E-state index contributed by atoms with van der Waals surface area (Å²) in [6, 6.07) is 22.2. The second-order valence-corrected chi connectivity index (χ2v) is 12.6. The summed E-state index contributed by atoms with van der Waals surface area (Å²) in [5, 5.41) is 2.78.